The summed E-state index contributed by atoms with van der Waals surface area (Å²) in [5.74, 6) is 1.42. The van der Waals surface area contributed by atoms with Gasteiger partial charge in [-0.05, 0) is 80.7 Å². The van der Waals surface area contributed by atoms with Crippen molar-refractivity contribution in [3.63, 3.8) is 0 Å². The Morgan fingerprint density at radius 3 is 2.38 bits per heavy atom. The predicted molar refractivity (Wildman–Crippen MR) is 132 cm³/mol. The van der Waals surface area contributed by atoms with Crippen LogP contribution in [0.25, 0.3) is 33.9 Å². The van der Waals surface area contributed by atoms with Crippen LogP contribution in [0.1, 0.15) is 22.3 Å². The summed E-state index contributed by atoms with van der Waals surface area (Å²) < 4.78 is 19.4. The summed E-state index contributed by atoms with van der Waals surface area (Å²) in [5, 5.41) is 0. The molecule has 0 saturated carbocycles. The van der Waals surface area contributed by atoms with E-state index in [-0.39, 0.29) is 11.6 Å². The molecule has 4 aromatic rings. The fourth-order valence-corrected chi connectivity index (χ4v) is 4.20. The van der Waals surface area contributed by atoms with E-state index in [0.717, 1.165) is 57.9 Å². The molecule has 6 heteroatoms. The van der Waals surface area contributed by atoms with Gasteiger partial charge in [0.15, 0.2) is 5.78 Å². The third kappa shape index (κ3) is 4.50. The summed E-state index contributed by atoms with van der Waals surface area (Å²) in [6.45, 7) is 1.46. The number of benzene rings is 3. The van der Waals surface area contributed by atoms with Crippen LogP contribution in [0.3, 0.4) is 0 Å². The third-order valence-corrected chi connectivity index (χ3v) is 6.07. The van der Waals surface area contributed by atoms with Crippen LogP contribution in [-0.4, -0.2) is 47.9 Å². The molecule has 1 aliphatic carbocycles. The molecule has 3 aromatic carbocycles. The summed E-state index contributed by atoms with van der Waals surface area (Å²) >= 11 is 0. The number of hydrogen-bond donors (Lipinski definition) is 1. The molecule has 1 N–H and O–H groups in total. The van der Waals surface area contributed by atoms with E-state index in [1.54, 1.807) is 12.1 Å². The number of nitrogens with one attached hydrogen (secondary N) is 1. The Hall–Kier alpha value is -3.77. The monoisotopic (exact) mass is 455 g/mol. The zero-order valence-electron chi connectivity index (χ0n) is 19.3. The van der Waals surface area contributed by atoms with Crippen molar-refractivity contribution in [3.05, 3.63) is 83.7 Å². The van der Waals surface area contributed by atoms with Crippen LogP contribution in [0.15, 0.2) is 66.7 Å². The Bertz CT molecular complexity index is 1330. The van der Waals surface area contributed by atoms with Gasteiger partial charge in [0.2, 0.25) is 0 Å². The molecule has 0 fully saturated rings. The van der Waals surface area contributed by atoms with Crippen molar-refractivity contribution in [1.29, 1.82) is 0 Å². The van der Waals surface area contributed by atoms with E-state index >= 15 is 0 Å². The predicted octanol–water partition coefficient (Wildman–Crippen LogP) is 5.62. The number of aromatic nitrogens is 2. The summed E-state index contributed by atoms with van der Waals surface area (Å²) in [7, 11) is 4.02. The van der Waals surface area contributed by atoms with E-state index < -0.39 is 0 Å². The van der Waals surface area contributed by atoms with Gasteiger partial charge in [0.05, 0.1) is 11.4 Å². The first-order valence-electron chi connectivity index (χ1n) is 11.4. The Labute approximate surface area is 198 Å². The van der Waals surface area contributed by atoms with Gasteiger partial charge in [-0.1, -0.05) is 12.1 Å². The minimum absolute atomic E-state index is 0.191. The summed E-state index contributed by atoms with van der Waals surface area (Å²) in [6.07, 6.45) is 1.30. The lowest BCUT2D eigenvalue weighted by molar-refractivity contribution is 0.0994. The highest BCUT2D eigenvalue weighted by molar-refractivity contribution is 6.01. The summed E-state index contributed by atoms with van der Waals surface area (Å²) in [6, 6.07) is 20.1. The molecule has 5 rings (SSSR count). The number of ether oxygens (including phenoxy) is 1. The average Bonchev–Trinajstić information content (AvgIpc) is 3.44. The standard InChI is InChI=1S/C28H26FN3O2/c1-32(2)15-16-34-23-11-5-19(6-12-23)28-30-26(18-3-9-22(29)10-4-18)27(31-28)21-7-13-24-20(17-21)8-14-25(24)33/h3-7,9-13,17H,8,14-16H2,1-2H3,(H,30,31). The van der Waals surface area contributed by atoms with Gasteiger partial charge in [-0.2, -0.15) is 0 Å². The second-order valence-corrected chi connectivity index (χ2v) is 8.79. The summed E-state index contributed by atoms with van der Waals surface area (Å²) in [5.41, 5.74) is 6.13. The average molecular weight is 456 g/mol. The molecule has 0 amide bonds. The summed E-state index contributed by atoms with van der Waals surface area (Å²) in [4.78, 5) is 22.5. The largest absolute Gasteiger partial charge is 0.492 e. The Morgan fingerprint density at radius 1 is 0.941 bits per heavy atom. The van der Waals surface area contributed by atoms with Gasteiger partial charge in [-0.3, -0.25) is 4.79 Å². The van der Waals surface area contributed by atoms with E-state index in [0.29, 0.717) is 18.9 Å². The van der Waals surface area contributed by atoms with Crippen molar-refractivity contribution in [2.45, 2.75) is 12.8 Å². The maximum absolute atomic E-state index is 13.6. The van der Waals surface area contributed by atoms with Crippen molar-refractivity contribution in [3.8, 4) is 39.7 Å². The van der Waals surface area contributed by atoms with Gasteiger partial charge in [-0.25, -0.2) is 9.37 Å². The van der Waals surface area contributed by atoms with E-state index in [1.807, 2.05) is 50.5 Å². The number of aryl methyl sites for hydroxylation is 1. The number of ketones is 1. The maximum Gasteiger partial charge on any atom is 0.163 e. The normalized spacial score (nSPS) is 12.9. The first kappa shape index (κ1) is 22.0. The van der Waals surface area contributed by atoms with Gasteiger partial charge < -0.3 is 14.6 Å². The van der Waals surface area contributed by atoms with Crippen molar-refractivity contribution < 1.29 is 13.9 Å². The van der Waals surface area contributed by atoms with E-state index in [4.69, 9.17) is 9.72 Å². The second kappa shape index (κ2) is 9.23. The number of halogens is 1. The Kier molecular flexibility index (Phi) is 5.99. The molecular weight excluding hydrogens is 429 g/mol. The molecule has 5 nitrogen and oxygen atoms in total. The molecule has 1 aliphatic rings. The van der Waals surface area contributed by atoms with Gasteiger partial charge in [-0.15, -0.1) is 0 Å². The molecular formula is C28H26FN3O2. The molecule has 1 aromatic heterocycles. The fourth-order valence-electron chi connectivity index (χ4n) is 4.20. The number of imidazole rings is 1. The highest BCUT2D eigenvalue weighted by Gasteiger charge is 2.22. The SMILES string of the molecule is CN(C)CCOc1ccc(-c2nc(-c3ccc4c(c3)CCC4=O)c(-c3ccc(F)cc3)[nH]2)cc1. The quantitative estimate of drug-likeness (QED) is 0.393. The van der Waals surface area contributed by atoms with Crippen LogP contribution in [0.4, 0.5) is 4.39 Å². The van der Waals surface area contributed by atoms with Crippen molar-refractivity contribution in [2.24, 2.45) is 0 Å². The number of carbonyl (C=O) groups excluding carboxylic acids is 1. The van der Waals surface area contributed by atoms with Crippen molar-refractivity contribution >= 4 is 5.78 Å². The van der Waals surface area contributed by atoms with Gasteiger partial charge in [0, 0.05) is 35.2 Å². The first-order chi connectivity index (χ1) is 16.5. The Morgan fingerprint density at radius 2 is 1.65 bits per heavy atom. The van der Waals surface area contributed by atoms with E-state index in [2.05, 4.69) is 16.0 Å². The number of H-pyrrole nitrogens is 1. The topological polar surface area (TPSA) is 58.2 Å². The molecule has 0 saturated heterocycles. The lowest BCUT2D eigenvalue weighted by Gasteiger charge is -2.11. The van der Waals surface area contributed by atoms with E-state index in [9.17, 15) is 9.18 Å². The van der Waals surface area contributed by atoms with Gasteiger partial charge in [0.1, 0.15) is 24.0 Å². The molecule has 172 valence electrons. The lowest BCUT2D eigenvalue weighted by Crippen LogP contribution is -2.19. The fraction of sp³-hybridized carbons (Fsp3) is 0.214. The number of likely N-dealkylation sites (N-methyl/N-ethyl adjacent to an activating group) is 1. The molecule has 0 atom stereocenters. The van der Waals surface area contributed by atoms with Crippen LogP contribution in [0, 0.1) is 5.82 Å². The number of rotatable bonds is 7. The molecule has 34 heavy (non-hydrogen) atoms. The zero-order chi connectivity index (χ0) is 23.7. The van der Waals surface area contributed by atoms with Crippen LogP contribution in [0.5, 0.6) is 5.75 Å². The van der Waals surface area contributed by atoms with Gasteiger partial charge >= 0.3 is 0 Å². The highest BCUT2D eigenvalue weighted by atomic mass is 19.1. The van der Waals surface area contributed by atoms with E-state index in [1.165, 1.54) is 12.1 Å². The molecule has 0 radical (unpaired) electrons. The first-order valence-corrected chi connectivity index (χ1v) is 11.4. The molecule has 0 unspecified atom stereocenters. The number of carbonyl (C=O) groups is 1. The Balaban J connectivity index is 1.51. The number of aromatic amines is 1. The van der Waals surface area contributed by atoms with Crippen LogP contribution < -0.4 is 4.74 Å². The van der Waals surface area contributed by atoms with Crippen molar-refractivity contribution in [1.82, 2.24) is 14.9 Å². The lowest BCUT2D eigenvalue weighted by atomic mass is 10.0. The number of Topliss-reactive ketones (excluding diaryl/α,β-unsaturated/α-hetero) is 1. The minimum Gasteiger partial charge on any atom is -0.492 e. The maximum atomic E-state index is 13.6. The minimum atomic E-state index is -0.286. The smallest absolute Gasteiger partial charge is 0.163 e. The van der Waals surface area contributed by atoms with Gasteiger partial charge in [0.25, 0.3) is 0 Å². The number of hydrogen-bond acceptors (Lipinski definition) is 4. The van der Waals surface area contributed by atoms with Crippen molar-refractivity contribution in [2.75, 3.05) is 27.2 Å². The molecule has 0 bridgehead atoms. The second-order valence-electron chi connectivity index (χ2n) is 8.79. The zero-order valence-corrected chi connectivity index (χ0v) is 19.3. The van der Waals surface area contributed by atoms with Crippen LogP contribution in [-0.2, 0) is 6.42 Å². The third-order valence-electron chi connectivity index (χ3n) is 6.07. The van der Waals surface area contributed by atoms with Crippen LogP contribution in [0.2, 0.25) is 0 Å². The number of fused-ring (bicyclic) bond motifs is 1. The number of nitrogens with zero attached hydrogens (tertiary/aromatic N) is 2. The molecule has 0 aliphatic heterocycles. The van der Waals surface area contributed by atoms with Crippen LogP contribution >= 0.6 is 0 Å². The molecule has 0 spiro atoms. The highest BCUT2D eigenvalue weighted by Crippen LogP contribution is 2.35. The molecule has 1 heterocycles.